The predicted octanol–water partition coefficient (Wildman–Crippen LogP) is 4.05. The number of hydrogen-bond acceptors (Lipinski definition) is 1. The van der Waals surface area contributed by atoms with Crippen LogP contribution in [0.1, 0.15) is 15.9 Å². The summed E-state index contributed by atoms with van der Waals surface area (Å²) in [6.07, 6.45) is 0. The van der Waals surface area contributed by atoms with Gasteiger partial charge in [-0.25, -0.2) is 0 Å². The quantitative estimate of drug-likeness (QED) is 0.443. The van der Waals surface area contributed by atoms with E-state index in [9.17, 15) is 4.79 Å². The van der Waals surface area contributed by atoms with E-state index in [-0.39, 0.29) is 27.5 Å². The molecule has 0 heterocycles. The third-order valence-electron chi connectivity index (χ3n) is 3.61. The van der Waals surface area contributed by atoms with E-state index in [4.69, 9.17) is 0 Å². The van der Waals surface area contributed by atoms with E-state index in [1.54, 1.807) is 0 Å². The molecule has 0 spiro atoms. The zero-order chi connectivity index (χ0) is 12.1. The van der Waals surface area contributed by atoms with Crippen molar-refractivity contribution < 1.29 is 26.5 Å². The molecule has 1 aliphatic carbocycles. The van der Waals surface area contributed by atoms with Gasteiger partial charge >= 0.3 is 0 Å². The Hall–Kier alpha value is -1.70. The van der Waals surface area contributed by atoms with E-state index in [0.29, 0.717) is 0 Å². The number of carbonyl (C=O) groups is 1. The minimum atomic E-state index is 0. The molecule has 0 radical (unpaired) electrons. The largest absolute Gasteiger partial charge is 0.289 e. The first-order chi connectivity index (χ1) is 8.86. The molecule has 19 heavy (non-hydrogen) atoms. The Balaban J connectivity index is 0.00000110. The fourth-order valence-corrected chi connectivity index (χ4v) is 2.82. The molecule has 3 aromatic carbocycles. The van der Waals surface area contributed by atoms with Gasteiger partial charge in [0.2, 0.25) is 0 Å². The molecule has 1 aliphatic rings. The third-order valence-corrected chi connectivity index (χ3v) is 3.61. The maximum atomic E-state index is 12.5. The summed E-state index contributed by atoms with van der Waals surface area (Å²) < 4.78 is 0. The molecule has 4 rings (SSSR count). The molecule has 2 heteroatoms. The number of fused-ring (bicyclic) bond motifs is 2. The molecule has 0 atom stereocenters. The summed E-state index contributed by atoms with van der Waals surface area (Å²) in [5.41, 5.74) is 3.84. The Labute approximate surface area is 126 Å². The monoisotopic (exact) mass is 278 g/mol. The first kappa shape index (κ1) is 12.3. The van der Waals surface area contributed by atoms with Crippen LogP contribution >= 0.6 is 0 Å². The SMILES string of the molecule is O=C1c2ccccc2-c2cccc3cccc1c23.[Ti]. The molecule has 3 aromatic rings. The fourth-order valence-electron chi connectivity index (χ4n) is 2.82. The molecule has 0 N–H and O–H groups in total. The van der Waals surface area contributed by atoms with Gasteiger partial charge in [-0.05, 0) is 16.5 Å². The van der Waals surface area contributed by atoms with Crippen LogP contribution in [0, 0.1) is 0 Å². The van der Waals surface area contributed by atoms with E-state index in [1.165, 1.54) is 5.56 Å². The molecule has 0 aliphatic heterocycles. The molecule has 0 aromatic heterocycles. The average Bonchev–Trinajstić information content (AvgIpc) is 2.44. The summed E-state index contributed by atoms with van der Waals surface area (Å²) in [6.45, 7) is 0. The van der Waals surface area contributed by atoms with Crippen LogP contribution in [0.3, 0.4) is 0 Å². The van der Waals surface area contributed by atoms with Crippen LogP contribution in [-0.4, -0.2) is 5.78 Å². The van der Waals surface area contributed by atoms with Crippen molar-refractivity contribution in [3.05, 3.63) is 71.8 Å². The third kappa shape index (κ3) is 1.63. The van der Waals surface area contributed by atoms with Crippen LogP contribution < -0.4 is 0 Å². The predicted molar refractivity (Wildman–Crippen MR) is 72.8 cm³/mol. The van der Waals surface area contributed by atoms with Gasteiger partial charge in [-0.2, -0.15) is 0 Å². The molecule has 0 unspecified atom stereocenters. The van der Waals surface area contributed by atoms with E-state index >= 15 is 0 Å². The summed E-state index contributed by atoms with van der Waals surface area (Å²) >= 11 is 0. The van der Waals surface area contributed by atoms with Gasteiger partial charge < -0.3 is 0 Å². The van der Waals surface area contributed by atoms with E-state index in [2.05, 4.69) is 18.2 Å². The van der Waals surface area contributed by atoms with Crippen LogP contribution in [-0.2, 0) is 21.7 Å². The normalized spacial score (nSPS) is 11.9. The van der Waals surface area contributed by atoms with E-state index in [1.807, 2.05) is 42.5 Å². The van der Waals surface area contributed by atoms with Crippen molar-refractivity contribution in [3.8, 4) is 11.1 Å². The second kappa shape index (κ2) is 4.45. The average molecular weight is 278 g/mol. The van der Waals surface area contributed by atoms with Gasteiger partial charge in [0.15, 0.2) is 5.78 Å². The van der Waals surface area contributed by atoms with Crippen LogP contribution in [0.4, 0.5) is 0 Å². The Morgan fingerprint density at radius 2 is 1.16 bits per heavy atom. The molecule has 88 valence electrons. The Bertz CT molecular complexity index is 800. The van der Waals surface area contributed by atoms with Crippen molar-refractivity contribution in [2.24, 2.45) is 0 Å². The molecule has 0 saturated heterocycles. The maximum Gasteiger partial charge on any atom is 0.194 e. The molecule has 0 amide bonds. The molecule has 1 nitrogen and oxygen atoms in total. The van der Waals surface area contributed by atoms with E-state index < -0.39 is 0 Å². The number of hydrogen-bond donors (Lipinski definition) is 0. The van der Waals surface area contributed by atoms with Crippen LogP contribution in [0.25, 0.3) is 21.9 Å². The Morgan fingerprint density at radius 1 is 0.579 bits per heavy atom. The van der Waals surface area contributed by atoms with Gasteiger partial charge in [0.25, 0.3) is 0 Å². The van der Waals surface area contributed by atoms with Crippen molar-refractivity contribution in [1.29, 1.82) is 0 Å². The second-order valence-corrected chi connectivity index (χ2v) is 4.58. The molecule has 0 bridgehead atoms. The standard InChI is InChI=1S/C17H10O.Ti/c18-17-14-8-2-1-7-12(14)13-9-3-5-11-6-4-10-15(17)16(11)13;/h1-10H;. The maximum absolute atomic E-state index is 12.5. The minimum absolute atomic E-state index is 0. The van der Waals surface area contributed by atoms with Gasteiger partial charge in [-0.15, -0.1) is 0 Å². The number of carbonyl (C=O) groups excluding carboxylic acids is 1. The number of rotatable bonds is 0. The van der Waals surface area contributed by atoms with E-state index in [0.717, 1.165) is 27.5 Å². The Kier molecular flexibility index (Phi) is 2.89. The Morgan fingerprint density at radius 3 is 1.89 bits per heavy atom. The summed E-state index contributed by atoms with van der Waals surface area (Å²) in [5, 5.41) is 2.22. The van der Waals surface area contributed by atoms with Crippen LogP contribution in [0.5, 0.6) is 0 Å². The molecular weight excluding hydrogens is 268 g/mol. The van der Waals surface area contributed by atoms with Gasteiger partial charge in [0.1, 0.15) is 0 Å². The zero-order valence-electron chi connectivity index (χ0n) is 10.2. The summed E-state index contributed by atoms with van der Waals surface area (Å²) in [6, 6.07) is 20.0. The molecule has 0 saturated carbocycles. The van der Waals surface area contributed by atoms with Crippen molar-refractivity contribution >= 4 is 16.6 Å². The first-order valence-electron chi connectivity index (χ1n) is 6.02. The van der Waals surface area contributed by atoms with Crippen LogP contribution in [0.2, 0.25) is 0 Å². The van der Waals surface area contributed by atoms with Crippen molar-refractivity contribution in [1.82, 2.24) is 0 Å². The number of ketones is 1. The second-order valence-electron chi connectivity index (χ2n) is 4.58. The summed E-state index contributed by atoms with van der Waals surface area (Å²) in [4.78, 5) is 12.5. The molecular formula is C17H10OTi. The van der Waals surface area contributed by atoms with Gasteiger partial charge in [-0.3, -0.25) is 4.79 Å². The fraction of sp³-hybridized carbons (Fsp3) is 0. The smallest absolute Gasteiger partial charge is 0.194 e. The molecule has 0 fully saturated rings. The zero-order valence-corrected chi connectivity index (χ0v) is 11.7. The minimum Gasteiger partial charge on any atom is -0.289 e. The van der Waals surface area contributed by atoms with Gasteiger partial charge in [0.05, 0.1) is 0 Å². The van der Waals surface area contributed by atoms with Gasteiger partial charge in [-0.1, -0.05) is 60.7 Å². The van der Waals surface area contributed by atoms with Crippen LogP contribution in [0.15, 0.2) is 60.7 Å². The first-order valence-corrected chi connectivity index (χ1v) is 6.02. The van der Waals surface area contributed by atoms with Crippen molar-refractivity contribution in [3.63, 3.8) is 0 Å². The van der Waals surface area contributed by atoms with Crippen molar-refractivity contribution in [2.75, 3.05) is 0 Å². The van der Waals surface area contributed by atoms with Gasteiger partial charge in [0, 0.05) is 38.2 Å². The van der Waals surface area contributed by atoms with Crippen molar-refractivity contribution in [2.45, 2.75) is 0 Å². The summed E-state index contributed by atoms with van der Waals surface area (Å²) in [7, 11) is 0. The summed E-state index contributed by atoms with van der Waals surface area (Å²) in [5.74, 6) is 0.134. The number of benzene rings is 3. The topological polar surface area (TPSA) is 17.1 Å².